The van der Waals surface area contributed by atoms with Gasteiger partial charge in [0, 0.05) is 30.2 Å². The third kappa shape index (κ3) is 8.54. The molecule has 8 heteroatoms. The van der Waals surface area contributed by atoms with Crippen LogP contribution in [0.1, 0.15) is 32.8 Å². The number of ether oxygens (including phenoxy) is 3. The molecular weight excluding hydrogens is 555 g/mol. The van der Waals surface area contributed by atoms with Gasteiger partial charge in [-0.1, -0.05) is 46.3 Å². The lowest BCUT2D eigenvalue weighted by molar-refractivity contribution is 0.0237. The van der Waals surface area contributed by atoms with Gasteiger partial charge in [-0.25, -0.2) is 4.79 Å². The van der Waals surface area contributed by atoms with Gasteiger partial charge in [-0.3, -0.25) is 0 Å². The first-order chi connectivity index (χ1) is 15.7. The summed E-state index contributed by atoms with van der Waals surface area (Å²) in [6.45, 7) is 9.51. The van der Waals surface area contributed by atoms with E-state index in [4.69, 9.17) is 25.8 Å². The first kappa shape index (κ1) is 25.9. The molecule has 1 amide bonds. The van der Waals surface area contributed by atoms with Crippen LogP contribution in [0.2, 0.25) is 5.02 Å². The molecule has 1 saturated heterocycles. The molecule has 180 valence electrons. The van der Waals surface area contributed by atoms with Crippen LogP contribution in [-0.4, -0.2) is 53.5 Å². The molecule has 2 aromatic rings. The van der Waals surface area contributed by atoms with Gasteiger partial charge in [-0.2, -0.15) is 0 Å². The summed E-state index contributed by atoms with van der Waals surface area (Å²) < 4.78 is 17.2. The summed E-state index contributed by atoms with van der Waals surface area (Å²) in [6.07, 6.45) is 0.572. The summed E-state index contributed by atoms with van der Waals surface area (Å²) in [5.74, 6) is 0.842. The maximum atomic E-state index is 12.3. The van der Waals surface area contributed by atoms with Crippen molar-refractivity contribution >= 4 is 46.0 Å². The average molecular weight is 587 g/mol. The molecule has 0 aromatic heterocycles. The maximum Gasteiger partial charge on any atom is 0.410 e. The molecule has 33 heavy (non-hydrogen) atoms. The summed E-state index contributed by atoms with van der Waals surface area (Å²) in [6, 6.07) is 15.8. The number of alkyl halides is 1. The van der Waals surface area contributed by atoms with Crippen LogP contribution in [0.5, 0.6) is 5.75 Å². The van der Waals surface area contributed by atoms with E-state index in [0.717, 1.165) is 35.0 Å². The van der Waals surface area contributed by atoms with Crippen molar-refractivity contribution in [3.05, 3.63) is 59.1 Å². The Balaban J connectivity index is 1.37. The second kappa shape index (κ2) is 12.1. The molecule has 0 saturated carbocycles. The van der Waals surface area contributed by atoms with Crippen LogP contribution in [0.4, 0.5) is 10.5 Å². The molecule has 1 aliphatic rings. The Hall–Kier alpha value is -1.71. The van der Waals surface area contributed by atoms with E-state index in [1.807, 2.05) is 57.2 Å². The number of amides is 1. The van der Waals surface area contributed by atoms with E-state index in [9.17, 15) is 4.79 Å². The summed E-state index contributed by atoms with van der Waals surface area (Å²) in [4.78, 5) is 16.4. The SMILES string of the molecule is CC(C)(C)OC(=O)N1CCN(c2ccc(OCCCOCc3ccc(Cl)cc3)cc2)[C@@H](I)C1. The highest BCUT2D eigenvalue weighted by atomic mass is 127. The van der Waals surface area contributed by atoms with Gasteiger partial charge in [-0.05, 0) is 62.7 Å². The molecule has 0 bridgehead atoms. The van der Waals surface area contributed by atoms with E-state index in [0.29, 0.717) is 32.9 Å². The largest absolute Gasteiger partial charge is 0.494 e. The van der Waals surface area contributed by atoms with Crippen molar-refractivity contribution in [2.45, 2.75) is 43.4 Å². The Morgan fingerprint density at radius 1 is 1.06 bits per heavy atom. The zero-order valence-corrected chi connectivity index (χ0v) is 22.3. The Morgan fingerprint density at radius 2 is 1.76 bits per heavy atom. The molecule has 0 aliphatic carbocycles. The molecule has 0 N–H and O–H groups in total. The molecule has 6 nitrogen and oxygen atoms in total. The van der Waals surface area contributed by atoms with Gasteiger partial charge in [0.05, 0.1) is 30.4 Å². The number of carbonyl (C=O) groups excluding carboxylic acids is 1. The quantitative estimate of drug-likeness (QED) is 0.161. The summed E-state index contributed by atoms with van der Waals surface area (Å²) >= 11 is 8.27. The molecule has 1 fully saturated rings. The number of rotatable bonds is 8. The van der Waals surface area contributed by atoms with Crippen LogP contribution in [-0.2, 0) is 16.1 Å². The second-order valence-corrected chi connectivity index (χ2v) is 10.8. The van der Waals surface area contributed by atoms with Crippen molar-refractivity contribution in [1.82, 2.24) is 4.90 Å². The Bertz CT molecular complexity index is 887. The number of hydrogen-bond acceptors (Lipinski definition) is 5. The van der Waals surface area contributed by atoms with Crippen molar-refractivity contribution in [1.29, 1.82) is 0 Å². The lowest BCUT2D eigenvalue weighted by Crippen LogP contribution is -2.53. The number of hydrogen-bond donors (Lipinski definition) is 0. The van der Waals surface area contributed by atoms with Crippen LogP contribution < -0.4 is 9.64 Å². The molecular formula is C25H32ClIN2O4. The number of anilines is 1. The van der Waals surface area contributed by atoms with Crippen LogP contribution in [0.25, 0.3) is 0 Å². The van der Waals surface area contributed by atoms with Crippen LogP contribution in [0.3, 0.4) is 0 Å². The van der Waals surface area contributed by atoms with Gasteiger partial charge in [0.15, 0.2) is 0 Å². The number of carbonyl (C=O) groups is 1. The summed E-state index contributed by atoms with van der Waals surface area (Å²) in [5.41, 5.74) is 1.75. The average Bonchev–Trinajstić information content (AvgIpc) is 2.77. The van der Waals surface area contributed by atoms with Crippen molar-refractivity contribution < 1.29 is 19.0 Å². The third-order valence-corrected chi connectivity index (χ3v) is 6.34. The Labute approximate surface area is 215 Å². The minimum atomic E-state index is -0.479. The van der Waals surface area contributed by atoms with E-state index >= 15 is 0 Å². The van der Waals surface area contributed by atoms with Crippen LogP contribution in [0, 0.1) is 0 Å². The molecule has 1 heterocycles. The summed E-state index contributed by atoms with van der Waals surface area (Å²) in [5, 5.41) is 0.732. The lowest BCUT2D eigenvalue weighted by Gasteiger charge is -2.40. The van der Waals surface area contributed by atoms with Crippen molar-refractivity contribution in [3.63, 3.8) is 0 Å². The lowest BCUT2D eigenvalue weighted by atomic mass is 10.2. The normalized spacial score (nSPS) is 16.6. The van der Waals surface area contributed by atoms with E-state index in [-0.39, 0.29) is 10.1 Å². The predicted octanol–water partition coefficient (Wildman–Crippen LogP) is 6.14. The van der Waals surface area contributed by atoms with Crippen molar-refractivity contribution in [2.24, 2.45) is 0 Å². The topological polar surface area (TPSA) is 51.2 Å². The van der Waals surface area contributed by atoms with Crippen molar-refractivity contribution in [2.75, 3.05) is 37.7 Å². The fourth-order valence-electron chi connectivity index (χ4n) is 3.38. The van der Waals surface area contributed by atoms with Gasteiger partial charge in [-0.15, -0.1) is 0 Å². The van der Waals surface area contributed by atoms with E-state index < -0.39 is 5.60 Å². The third-order valence-electron chi connectivity index (χ3n) is 5.02. The summed E-state index contributed by atoms with van der Waals surface area (Å²) in [7, 11) is 0. The number of nitrogens with zero attached hydrogens (tertiary/aromatic N) is 2. The minimum absolute atomic E-state index is 0.174. The number of piperazine rings is 1. The minimum Gasteiger partial charge on any atom is -0.494 e. The number of benzene rings is 2. The highest BCUT2D eigenvalue weighted by Gasteiger charge is 2.30. The van der Waals surface area contributed by atoms with Crippen LogP contribution >= 0.6 is 34.2 Å². The molecule has 1 atom stereocenters. The van der Waals surface area contributed by atoms with Crippen molar-refractivity contribution in [3.8, 4) is 5.75 Å². The second-order valence-electron chi connectivity index (χ2n) is 8.93. The first-order valence-electron chi connectivity index (χ1n) is 11.1. The zero-order valence-electron chi connectivity index (χ0n) is 19.4. The van der Waals surface area contributed by atoms with Crippen LogP contribution in [0.15, 0.2) is 48.5 Å². The molecule has 0 spiro atoms. The number of halogens is 2. The zero-order chi connectivity index (χ0) is 23.8. The molecule has 1 aliphatic heterocycles. The highest BCUT2D eigenvalue weighted by molar-refractivity contribution is 14.1. The Kier molecular flexibility index (Phi) is 9.52. The highest BCUT2D eigenvalue weighted by Crippen LogP contribution is 2.27. The smallest absolute Gasteiger partial charge is 0.410 e. The fourth-order valence-corrected chi connectivity index (χ4v) is 4.58. The van der Waals surface area contributed by atoms with Gasteiger partial charge in [0.1, 0.15) is 11.4 Å². The monoisotopic (exact) mass is 586 g/mol. The van der Waals surface area contributed by atoms with Gasteiger partial charge in [0.2, 0.25) is 0 Å². The predicted molar refractivity (Wildman–Crippen MR) is 141 cm³/mol. The first-order valence-corrected chi connectivity index (χ1v) is 12.8. The van der Waals surface area contributed by atoms with Gasteiger partial charge >= 0.3 is 6.09 Å². The van der Waals surface area contributed by atoms with E-state index in [2.05, 4.69) is 39.6 Å². The molecule has 0 radical (unpaired) electrons. The maximum absolute atomic E-state index is 12.3. The standard InChI is InChI=1S/C25H32ClIN2O4/c1-25(2,3)33-24(30)28-13-14-29(23(27)17-28)21-9-11-22(12-10-21)32-16-4-15-31-18-19-5-7-20(26)8-6-19/h5-12,23H,4,13-18H2,1-3H3/t23-/m1/s1. The fraction of sp³-hybridized carbons (Fsp3) is 0.480. The Morgan fingerprint density at radius 3 is 2.39 bits per heavy atom. The van der Waals surface area contributed by atoms with E-state index in [1.165, 1.54) is 0 Å². The molecule has 2 aromatic carbocycles. The molecule has 0 unspecified atom stereocenters. The van der Waals surface area contributed by atoms with Gasteiger partial charge < -0.3 is 24.0 Å². The molecule has 3 rings (SSSR count). The van der Waals surface area contributed by atoms with Gasteiger partial charge in [0.25, 0.3) is 0 Å². The van der Waals surface area contributed by atoms with E-state index in [1.54, 1.807) is 4.90 Å².